The van der Waals surface area contributed by atoms with Crippen LogP contribution in [0.25, 0.3) is 0 Å². The summed E-state index contributed by atoms with van der Waals surface area (Å²) in [6.45, 7) is 6.54. The van der Waals surface area contributed by atoms with Gasteiger partial charge in [-0.05, 0) is 49.6 Å². The molecule has 2 aromatic carbocycles. The lowest BCUT2D eigenvalue weighted by Gasteiger charge is -2.51. The molecule has 4 rings (SSSR count). The zero-order valence-corrected chi connectivity index (χ0v) is 15.4. The summed E-state index contributed by atoms with van der Waals surface area (Å²) in [6, 6.07) is 22.3. The molecule has 1 amide bonds. The third kappa shape index (κ3) is 2.47. The number of hydrogen-bond acceptors (Lipinski definition) is 2. The van der Waals surface area contributed by atoms with Gasteiger partial charge >= 0.3 is 0 Å². The van der Waals surface area contributed by atoms with E-state index in [-0.39, 0.29) is 16.9 Å². The summed E-state index contributed by atoms with van der Waals surface area (Å²) in [6.07, 6.45) is 2.37. The molecule has 2 heterocycles. The van der Waals surface area contributed by atoms with Crippen molar-refractivity contribution in [3.63, 3.8) is 0 Å². The number of nitrogens with zero attached hydrogens (tertiary/aromatic N) is 1. The van der Waals surface area contributed by atoms with E-state index in [1.165, 1.54) is 11.1 Å². The highest BCUT2D eigenvalue weighted by Crippen LogP contribution is 2.50. The Morgan fingerprint density at radius 1 is 0.923 bits per heavy atom. The molecule has 0 spiro atoms. The van der Waals surface area contributed by atoms with Gasteiger partial charge in [0.25, 0.3) is 5.91 Å². The molecule has 1 atom stereocenters. The number of amides is 1. The maximum Gasteiger partial charge on any atom is 0.294 e. The predicted molar refractivity (Wildman–Crippen MR) is 104 cm³/mol. The minimum absolute atomic E-state index is 0.0949. The fourth-order valence-corrected chi connectivity index (χ4v) is 4.46. The number of fused-ring (bicyclic) bond motifs is 1. The first kappa shape index (κ1) is 16.6. The Balaban J connectivity index is 1.91. The molecule has 0 fully saturated rings. The summed E-state index contributed by atoms with van der Waals surface area (Å²) in [5.41, 5.74) is 2.87. The normalized spacial score (nSPS) is 21.3. The molecule has 3 aromatic rings. The Bertz CT molecular complexity index is 928. The van der Waals surface area contributed by atoms with Gasteiger partial charge in [-0.2, -0.15) is 0 Å². The summed E-state index contributed by atoms with van der Waals surface area (Å²) in [5, 5.41) is 0. The number of benzene rings is 2. The van der Waals surface area contributed by atoms with Crippen molar-refractivity contribution in [1.82, 2.24) is 0 Å². The van der Waals surface area contributed by atoms with Crippen LogP contribution in [0.3, 0.4) is 0 Å². The molecule has 0 unspecified atom stereocenters. The molecule has 1 aromatic heterocycles. The van der Waals surface area contributed by atoms with Gasteiger partial charge in [0.2, 0.25) is 0 Å². The Hall–Kier alpha value is -2.81. The van der Waals surface area contributed by atoms with Crippen molar-refractivity contribution in [2.24, 2.45) is 0 Å². The molecule has 3 heteroatoms. The second kappa shape index (κ2) is 5.87. The second-order valence-electron chi connectivity index (χ2n) is 7.82. The third-order valence-electron chi connectivity index (χ3n) is 5.48. The van der Waals surface area contributed by atoms with E-state index in [0.717, 1.165) is 12.1 Å². The minimum Gasteiger partial charge on any atom is -0.459 e. The van der Waals surface area contributed by atoms with Crippen LogP contribution in [0.5, 0.6) is 0 Å². The van der Waals surface area contributed by atoms with Crippen LogP contribution in [0, 0.1) is 0 Å². The SMILES string of the molecule is CC1(C)C[C@@](C)(c2ccccc2)c2ccccc2N1C(=O)c1ccco1. The van der Waals surface area contributed by atoms with Crippen LogP contribution < -0.4 is 4.90 Å². The quantitative estimate of drug-likeness (QED) is 0.622. The number of furan rings is 1. The highest BCUT2D eigenvalue weighted by atomic mass is 16.3. The lowest BCUT2D eigenvalue weighted by Crippen LogP contribution is -2.55. The summed E-state index contributed by atoms with van der Waals surface area (Å²) >= 11 is 0. The molecule has 0 aliphatic carbocycles. The summed E-state index contributed by atoms with van der Waals surface area (Å²) in [5.74, 6) is 0.277. The van der Waals surface area contributed by atoms with Gasteiger partial charge in [-0.3, -0.25) is 9.69 Å². The number of hydrogen-bond donors (Lipinski definition) is 0. The van der Waals surface area contributed by atoms with Crippen LogP contribution in [-0.4, -0.2) is 11.4 Å². The van der Waals surface area contributed by atoms with Crippen molar-refractivity contribution < 1.29 is 9.21 Å². The zero-order chi connectivity index (χ0) is 18.4. The molecule has 132 valence electrons. The molecular weight excluding hydrogens is 322 g/mol. The molecule has 1 aliphatic rings. The molecule has 26 heavy (non-hydrogen) atoms. The van der Waals surface area contributed by atoms with E-state index in [1.54, 1.807) is 18.4 Å². The lowest BCUT2D eigenvalue weighted by molar-refractivity contribution is 0.0921. The average Bonchev–Trinajstić information content (AvgIpc) is 3.16. The Kier molecular flexibility index (Phi) is 3.76. The zero-order valence-electron chi connectivity index (χ0n) is 15.4. The number of carbonyl (C=O) groups excluding carboxylic acids is 1. The van der Waals surface area contributed by atoms with E-state index in [1.807, 2.05) is 29.2 Å². The van der Waals surface area contributed by atoms with Gasteiger partial charge in [0.1, 0.15) is 0 Å². The minimum atomic E-state index is -0.358. The Morgan fingerprint density at radius 3 is 2.31 bits per heavy atom. The van der Waals surface area contributed by atoms with Crippen LogP contribution in [0.1, 0.15) is 48.9 Å². The van der Waals surface area contributed by atoms with E-state index < -0.39 is 0 Å². The first-order valence-corrected chi connectivity index (χ1v) is 8.97. The van der Waals surface area contributed by atoms with Crippen molar-refractivity contribution in [2.75, 3.05) is 4.90 Å². The molecule has 3 nitrogen and oxygen atoms in total. The fraction of sp³-hybridized carbons (Fsp3) is 0.261. The van der Waals surface area contributed by atoms with Gasteiger partial charge in [0.05, 0.1) is 6.26 Å². The topological polar surface area (TPSA) is 33.5 Å². The standard InChI is InChI=1S/C23H23NO2/c1-22(2)16-23(3,17-10-5-4-6-11-17)18-12-7-8-13-19(18)24(22)21(25)20-14-9-15-26-20/h4-15H,16H2,1-3H3/t23-/m0/s1. The van der Waals surface area contributed by atoms with Gasteiger partial charge < -0.3 is 4.42 Å². The largest absolute Gasteiger partial charge is 0.459 e. The van der Waals surface area contributed by atoms with Gasteiger partial charge in [-0.1, -0.05) is 55.5 Å². The first-order valence-electron chi connectivity index (χ1n) is 8.97. The van der Waals surface area contributed by atoms with Crippen molar-refractivity contribution in [3.8, 4) is 0 Å². The van der Waals surface area contributed by atoms with Gasteiger partial charge in [-0.25, -0.2) is 0 Å². The highest BCUT2D eigenvalue weighted by Gasteiger charge is 2.48. The van der Waals surface area contributed by atoms with Crippen molar-refractivity contribution >= 4 is 11.6 Å². The number of anilines is 1. The van der Waals surface area contributed by atoms with Crippen molar-refractivity contribution in [3.05, 3.63) is 89.9 Å². The molecular formula is C23H23NO2. The molecule has 0 N–H and O–H groups in total. The average molecular weight is 345 g/mol. The predicted octanol–water partition coefficient (Wildman–Crippen LogP) is 5.41. The molecule has 0 bridgehead atoms. The molecule has 0 saturated carbocycles. The summed E-state index contributed by atoms with van der Waals surface area (Å²) in [7, 11) is 0. The Morgan fingerprint density at radius 2 is 1.62 bits per heavy atom. The molecule has 0 radical (unpaired) electrons. The number of rotatable bonds is 2. The maximum atomic E-state index is 13.2. The van der Waals surface area contributed by atoms with E-state index in [0.29, 0.717) is 5.76 Å². The van der Waals surface area contributed by atoms with Crippen LogP contribution >= 0.6 is 0 Å². The van der Waals surface area contributed by atoms with Crippen LogP contribution in [0.2, 0.25) is 0 Å². The fourth-order valence-electron chi connectivity index (χ4n) is 4.46. The van der Waals surface area contributed by atoms with Crippen molar-refractivity contribution in [1.29, 1.82) is 0 Å². The second-order valence-corrected chi connectivity index (χ2v) is 7.82. The van der Waals surface area contributed by atoms with Gasteiger partial charge in [0, 0.05) is 16.6 Å². The van der Waals surface area contributed by atoms with Crippen LogP contribution in [0.15, 0.2) is 77.4 Å². The third-order valence-corrected chi connectivity index (χ3v) is 5.48. The maximum absolute atomic E-state index is 13.2. The summed E-state index contributed by atoms with van der Waals surface area (Å²) in [4.78, 5) is 15.1. The molecule has 1 aliphatic heterocycles. The van der Waals surface area contributed by atoms with Crippen molar-refractivity contribution in [2.45, 2.75) is 38.1 Å². The van der Waals surface area contributed by atoms with Gasteiger partial charge in [-0.15, -0.1) is 0 Å². The first-order chi connectivity index (χ1) is 12.4. The molecule has 0 saturated heterocycles. The number of para-hydroxylation sites is 1. The summed E-state index contributed by atoms with van der Waals surface area (Å²) < 4.78 is 5.40. The Labute approximate surface area is 154 Å². The van der Waals surface area contributed by atoms with E-state index in [9.17, 15) is 4.79 Å². The number of carbonyl (C=O) groups is 1. The smallest absolute Gasteiger partial charge is 0.294 e. The lowest BCUT2D eigenvalue weighted by atomic mass is 9.65. The monoisotopic (exact) mass is 345 g/mol. The van der Waals surface area contributed by atoms with E-state index >= 15 is 0 Å². The van der Waals surface area contributed by atoms with Gasteiger partial charge in [0.15, 0.2) is 5.76 Å². The highest BCUT2D eigenvalue weighted by molar-refractivity contribution is 6.06. The van der Waals surface area contributed by atoms with E-state index in [4.69, 9.17) is 4.42 Å². The van der Waals surface area contributed by atoms with E-state index in [2.05, 4.69) is 51.1 Å². The van der Waals surface area contributed by atoms with Crippen LogP contribution in [-0.2, 0) is 5.41 Å². The van der Waals surface area contributed by atoms with Crippen LogP contribution in [0.4, 0.5) is 5.69 Å².